The molecule has 3 heteroatoms. The molecule has 0 aromatic carbocycles. The SMILES string of the molecule is COC(=O)C1([NH3+])CCCCCCC1. The van der Waals surface area contributed by atoms with Gasteiger partial charge in [0.15, 0.2) is 5.54 Å². The van der Waals surface area contributed by atoms with Crippen LogP contribution in [0.4, 0.5) is 0 Å². The molecule has 0 unspecified atom stereocenters. The number of quaternary nitrogens is 1. The first kappa shape index (κ1) is 10.5. The van der Waals surface area contributed by atoms with Crippen molar-refractivity contribution in [1.82, 2.24) is 0 Å². The van der Waals surface area contributed by atoms with Crippen LogP contribution in [0.25, 0.3) is 0 Å². The number of carbonyl (C=O) groups excluding carboxylic acids is 1. The molecule has 76 valence electrons. The number of esters is 1. The molecular formula is C10H20NO2+. The molecule has 0 atom stereocenters. The van der Waals surface area contributed by atoms with Crippen LogP contribution in [-0.4, -0.2) is 18.6 Å². The topological polar surface area (TPSA) is 53.9 Å². The molecule has 0 bridgehead atoms. The van der Waals surface area contributed by atoms with Crippen molar-refractivity contribution in [3.8, 4) is 0 Å². The summed E-state index contributed by atoms with van der Waals surface area (Å²) in [5, 5.41) is 0. The Morgan fingerprint density at radius 2 is 1.62 bits per heavy atom. The largest absolute Gasteiger partial charge is 0.464 e. The molecule has 0 spiro atoms. The van der Waals surface area contributed by atoms with Gasteiger partial charge in [0, 0.05) is 12.8 Å². The summed E-state index contributed by atoms with van der Waals surface area (Å²) >= 11 is 0. The molecule has 0 heterocycles. The normalized spacial score (nSPS) is 22.9. The molecule has 1 fully saturated rings. The molecule has 13 heavy (non-hydrogen) atoms. The molecule has 0 aliphatic heterocycles. The Kier molecular flexibility index (Phi) is 3.72. The Morgan fingerprint density at radius 1 is 1.15 bits per heavy atom. The van der Waals surface area contributed by atoms with E-state index in [1.165, 1.54) is 26.4 Å². The van der Waals surface area contributed by atoms with Gasteiger partial charge in [-0.25, -0.2) is 4.79 Å². The molecule has 0 saturated heterocycles. The molecule has 1 aliphatic rings. The number of hydrogen-bond donors (Lipinski definition) is 1. The van der Waals surface area contributed by atoms with E-state index in [-0.39, 0.29) is 5.97 Å². The molecule has 1 rings (SSSR count). The Labute approximate surface area is 79.6 Å². The average molecular weight is 186 g/mol. The Bertz CT molecular complexity index is 172. The second-order valence-electron chi connectivity index (χ2n) is 4.04. The van der Waals surface area contributed by atoms with Crippen molar-refractivity contribution in [1.29, 1.82) is 0 Å². The summed E-state index contributed by atoms with van der Waals surface area (Å²) < 4.78 is 4.79. The highest BCUT2D eigenvalue weighted by molar-refractivity contribution is 5.78. The number of rotatable bonds is 1. The zero-order valence-electron chi connectivity index (χ0n) is 8.47. The predicted molar refractivity (Wildman–Crippen MR) is 50.0 cm³/mol. The van der Waals surface area contributed by atoms with Crippen molar-refractivity contribution in [3.05, 3.63) is 0 Å². The summed E-state index contributed by atoms with van der Waals surface area (Å²) in [4.78, 5) is 11.5. The minimum atomic E-state index is -0.449. The Balaban J connectivity index is 2.56. The fraction of sp³-hybridized carbons (Fsp3) is 0.900. The van der Waals surface area contributed by atoms with Crippen LogP contribution in [-0.2, 0) is 9.53 Å². The van der Waals surface area contributed by atoms with E-state index in [1.54, 1.807) is 0 Å². The quantitative estimate of drug-likeness (QED) is 0.618. The van der Waals surface area contributed by atoms with Crippen LogP contribution in [0, 0.1) is 0 Å². The second kappa shape index (κ2) is 4.61. The van der Waals surface area contributed by atoms with E-state index >= 15 is 0 Å². The van der Waals surface area contributed by atoms with Gasteiger partial charge < -0.3 is 10.5 Å². The number of methoxy groups -OCH3 is 1. The lowest BCUT2D eigenvalue weighted by Gasteiger charge is -2.24. The summed E-state index contributed by atoms with van der Waals surface area (Å²) in [6, 6.07) is 0. The molecule has 1 aliphatic carbocycles. The van der Waals surface area contributed by atoms with Gasteiger partial charge in [0.05, 0.1) is 7.11 Å². The molecule has 0 aromatic rings. The maximum atomic E-state index is 11.5. The van der Waals surface area contributed by atoms with Gasteiger partial charge >= 0.3 is 5.97 Å². The van der Waals surface area contributed by atoms with Crippen LogP contribution in [0.2, 0.25) is 0 Å². The molecule has 3 nitrogen and oxygen atoms in total. The van der Waals surface area contributed by atoms with Crippen LogP contribution < -0.4 is 5.73 Å². The Hall–Kier alpha value is -0.570. The van der Waals surface area contributed by atoms with E-state index in [0.29, 0.717) is 0 Å². The van der Waals surface area contributed by atoms with Crippen LogP contribution in [0.15, 0.2) is 0 Å². The fourth-order valence-electron chi connectivity index (χ4n) is 2.00. The first-order chi connectivity index (χ1) is 6.19. The van der Waals surface area contributed by atoms with E-state index in [9.17, 15) is 4.79 Å². The van der Waals surface area contributed by atoms with Gasteiger partial charge in [-0.05, 0) is 12.8 Å². The zero-order valence-corrected chi connectivity index (χ0v) is 8.47. The van der Waals surface area contributed by atoms with E-state index in [4.69, 9.17) is 4.74 Å². The van der Waals surface area contributed by atoms with Crippen LogP contribution >= 0.6 is 0 Å². The number of ether oxygens (including phenoxy) is 1. The third-order valence-electron chi connectivity index (χ3n) is 2.93. The number of carbonyl (C=O) groups is 1. The summed E-state index contributed by atoms with van der Waals surface area (Å²) in [6.07, 6.45) is 7.76. The van der Waals surface area contributed by atoms with Gasteiger partial charge in [-0.15, -0.1) is 0 Å². The molecular weight excluding hydrogens is 166 g/mol. The first-order valence-corrected chi connectivity index (χ1v) is 5.13. The van der Waals surface area contributed by atoms with E-state index in [0.717, 1.165) is 25.7 Å². The van der Waals surface area contributed by atoms with Gasteiger partial charge in [-0.3, -0.25) is 0 Å². The van der Waals surface area contributed by atoms with Gasteiger partial charge in [0.25, 0.3) is 0 Å². The van der Waals surface area contributed by atoms with Gasteiger partial charge in [0.1, 0.15) is 0 Å². The summed E-state index contributed by atoms with van der Waals surface area (Å²) in [6.45, 7) is 0. The van der Waals surface area contributed by atoms with Crippen LogP contribution in [0.1, 0.15) is 44.9 Å². The average Bonchev–Trinajstić information content (AvgIpc) is 2.10. The first-order valence-electron chi connectivity index (χ1n) is 5.13. The lowest BCUT2D eigenvalue weighted by molar-refractivity contribution is -0.466. The third-order valence-corrected chi connectivity index (χ3v) is 2.93. The van der Waals surface area contributed by atoms with E-state index in [2.05, 4.69) is 5.73 Å². The molecule has 0 amide bonds. The Morgan fingerprint density at radius 3 is 2.08 bits per heavy atom. The third kappa shape index (κ3) is 2.69. The van der Waals surface area contributed by atoms with Crippen molar-refractivity contribution < 1.29 is 15.3 Å². The molecule has 0 radical (unpaired) electrons. The smallest absolute Gasteiger partial charge is 0.367 e. The monoisotopic (exact) mass is 186 g/mol. The lowest BCUT2D eigenvalue weighted by Crippen LogP contribution is -2.76. The van der Waals surface area contributed by atoms with Gasteiger partial charge in [-0.2, -0.15) is 0 Å². The standard InChI is InChI=1S/C10H19NO2/c1-13-9(12)10(11)7-5-3-2-4-6-8-10/h2-8,11H2,1H3/p+1. The molecule has 0 aromatic heterocycles. The van der Waals surface area contributed by atoms with Gasteiger partial charge in [0.2, 0.25) is 0 Å². The minimum Gasteiger partial charge on any atom is -0.464 e. The highest BCUT2D eigenvalue weighted by Gasteiger charge is 2.38. The second-order valence-corrected chi connectivity index (χ2v) is 4.04. The fourth-order valence-corrected chi connectivity index (χ4v) is 2.00. The zero-order chi connectivity index (χ0) is 9.73. The predicted octanol–water partition coefficient (Wildman–Crippen LogP) is 0.884. The van der Waals surface area contributed by atoms with Crippen molar-refractivity contribution >= 4 is 5.97 Å². The van der Waals surface area contributed by atoms with E-state index in [1.807, 2.05) is 0 Å². The van der Waals surface area contributed by atoms with Crippen molar-refractivity contribution in [3.63, 3.8) is 0 Å². The summed E-state index contributed by atoms with van der Waals surface area (Å²) in [7, 11) is 1.45. The maximum Gasteiger partial charge on any atom is 0.367 e. The highest BCUT2D eigenvalue weighted by Crippen LogP contribution is 2.23. The summed E-state index contributed by atoms with van der Waals surface area (Å²) in [5.74, 6) is -0.130. The van der Waals surface area contributed by atoms with Crippen molar-refractivity contribution in [2.24, 2.45) is 0 Å². The van der Waals surface area contributed by atoms with Crippen LogP contribution in [0.5, 0.6) is 0 Å². The lowest BCUT2D eigenvalue weighted by atomic mass is 9.85. The van der Waals surface area contributed by atoms with Crippen molar-refractivity contribution in [2.75, 3.05) is 7.11 Å². The minimum absolute atomic E-state index is 0.130. The maximum absolute atomic E-state index is 11.5. The van der Waals surface area contributed by atoms with Crippen LogP contribution in [0.3, 0.4) is 0 Å². The molecule has 3 N–H and O–H groups in total. The summed E-state index contributed by atoms with van der Waals surface area (Å²) in [5.41, 5.74) is 3.58. The number of hydrogen-bond acceptors (Lipinski definition) is 2. The van der Waals surface area contributed by atoms with E-state index < -0.39 is 5.54 Å². The van der Waals surface area contributed by atoms with Crippen molar-refractivity contribution in [2.45, 2.75) is 50.5 Å². The molecule has 1 saturated carbocycles. The highest BCUT2D eigenvalue weighted by atomic mass is 16.5. The van der Waals surface area contributed by atoms with Gasteiger partial charge in [-0.1, -0.05) is 19.3 Å².